The Balaban J connectivity index is 2.52. The molecule has 3 nitrogen and oxygen atoms in total. The van der Waals surface area contributed by atoms with E-state index in [-0.39, 0.29) is 5.97 Å². The van der Waals surface area contributed by atoms with Crippen LogP contribution in [0, 0.1) is 0 Å². The van der Waals surface area contributed by atoms with Crippen molar-refractivity contribution >= 4 is 34.6 Å². The Morgan fingerprint density at radius 1 is 0.905 bits per heavy atom. The molecule has 0 spiro atoms. The third-order valence-corrected chi connectivity index (χ3v) is 104. The molecule has 0 aromatic heterocycles. The molecule has 1 rings (SSSR count). The summed E-state index contributed by atoms with van der Waals surface area (Å²) < 4.78 is 11.7. The van der Waals surface area contributed by atoms with E-state index in [0.29, 0.717) is 12.2 Å². The first-order chi connectivity index (χ1) is 9.33. The van der Waals surface area contributed by atoms with Crippen molar-refractivity contribution in [3.05, 3.63) is 12.2 Å². The maximum absolute atomic E-state index is 11.3. The van der Waals surface area contributed by atoms with Crippen molar-refractivity contribution in [2.24, 2.45) is 0 Å². The van der Waals surface area contributed by atoms with Crippen LogP contribution in [-0.2, 0) is 14.0 Å². The minimum absolute atomic E-state index is 0.292. The molecule has 21 heavy (non-hydrogen) atoms. The summed E-state index contributed by atoms with van der Waals surface area (Å²) in [6.45, 7) is 24.5. The number of esters is 1. The number of ether oxygens (including phenoxy) is 1. The van der Waals surface area contributed by atoms with Crippen molar-refractivity contribution < 1.29 is 14.0 Å². The van der Waals surface area contributed by atoms with Gasteiger partial charge in [-0.05, 0) is 6.92 Å². The fourth-order valence-corrected chi connectivity index (χ4v) is 132. The second kappa shape index (κ2) is 5.92. The van der Waals surface area contributed by atoms with E-state index in [9.17, 15) is 4.79 Å². The fraction of sp³-hybridized carbons (Fsp3) is 0.786. The summed E-state index contributed by atoms with van der Waals surface area (Å²) in [7, 11) is -4.87. The van der Waals surface area contributed by atoms with E-state index in [1.807, 2.05) is 0 Å². The number of rotatable bonds is 6. The second-order valence-corrected chi connectivity index (χ2v) is 54.4. The summed E-state index contributed by atoms with van der Waals surface area (Å²) in [5.74, 6) is -0.292. The molecule has 0 atom stereocenters. The zero-order chi connectivity index (χ0) is 16.7. The molecule has 7 heteroatoms. The van der Waals surface area contributed by atoms with Crippen LogP contribution >= 0.6 is 0 Å². The van der Waals surface area contributed by atoms with Crippen molar-refractivity contribution in [2.45, 2.75) is 59.2 Å². The molecule has 1 saturated heterocycles. The van der Waals surface area contributed by atoms with Gasteiger partial charge in [0.1, 0.15) is 0 Å². The molecule has 122 valence electrons. The van der Waals surface area contributed by atoms with E-state index < -0.39 is 28.7 Å². The summed E-state index contributed by atoms with van der Waals surface area (Å²) in [6, 6.07) is 0. The maximum atomic E-state index is 11.3. The first-order valence-corrected chi connectivity index (χ1v) is 23.2. The standard InChI is InChI=1S/C14H32O3Si4/c1-13(2)14(15)16-11-10-12-17-21(9)19(5,6)18(3,4)20(21,7)8/h1,10-12H2,2-9H3. The first-order valence-electron chi connectivity index (χ1n) is 7.79. The van der Waals surface area contributed by atoms with Crippen LogP contribution in [0.2, 0.25) is 45.8 Å². The predicted octanol–water partition coefficient (Wildman–Crippen LogP) is 3.54. The van der Waals surface area contributed by atoms with E-state index >= 15 is 0 Å². The van der Waals surface area contributed by atoms with Crippen LogP contribution in [0.4, 0.5) is 0 Å². The molecule has 0 aliphatic carbocycles. The van der Waals surface area contributed by atoms with Gasteiger partial charge < -0.3 is 9.16 Å². The molecular formula is C14H32O3Si4. The van der Waals surface area contributed by atoms with Crippen molar-refractivity contribution in [1.82, 2.24) is 0 Å². The van der Waals surface area contributed by atoms with Gasteiger partial charge in [0, 0.05) is 25.7 Å². The van der Waals surface area contributed by atoms with Gasteiger partial charge in [-0.15, -0.1) is 0 Å². The van der Waals surface area contributed by atoms with Gasteiger partial charge in [0.05, 0.1) is 20.8 Å². The summed E-state index contributed by atoms with van der Waals surface area (Å²) >= 11 is 0. The van der Waals surface area contributed by atoms with Crippen molar-refractivity contribution in [3.63, 3.8) is 0 Å². The topological polar surface area (TPSA) is 35.5 Å². The molecule has 0 radical (unpaired) electrons. The molecule has 1 fully saturated rings. The quantitative estimate of drug-likeness (QED) is 0.314. The third kappa shape index (κ3) is 2.71. The van der Waals surface area contributed by atoms with Crippen LogP contribution in [0.5, 0.6) is 0 Å². The zero-order valence-corrected chi connectivity index (χ0v) is 19.1. The van der Waals surface area contributed by atoms with Crippen LogP contribution in [0.25, 0.3) is 0 Å². The Morgan fingerprint density at radius 3 is 1.81 bits per heavy atom. The Hall–Kier alpha value is 0.0375. The number of hydrogen-bond donors (Lipinski definition) is 0. The minimum Gasteiger partial charge on any atom is -0.462 e. The molecule has 1 aliphatic rings. The Bertz CT molecular complexity index is 426. The lowest BCUT2D eigenvalue weighted by Gasteiger charge is -2.71. The van der Waals surface area contributed by atoms with Crippen molar-refractivity contribution in [1.29, 1.82) is 0 Å². The molecule has 0 aromatic carbocycles. The van der Waals surface area contributed by atoms with Gasteiger partial charge in [0.25, 0.3) is 0 Å². The van der Waals surface area contributed by atoms with Gasteiger partial charge in [0.2, 0.25) is 0 Å². The molecule has 0 unspecified atom stereocenters. The Labute approximate surface area is 133 Å². The van der Waals surface area contributed by atoms with Gasteiger partial charge in [-0.1, -0.05) is 52.4 Å². The Morgan fingerprint density at radius 2 is 1.38 bits per heavy atom. The van der Waals surface area contributed by atoms with Crippen LogP contribution in [0.15, 0.2) is 12.2 Å². The van der Waals surface area contributed by atoms with Gasteiger partial charge >= 0.3 is 5.97 Å². The predicted molar refractivity (Wildman–Crippen MR) is 100 cm³/mol. The molecule has 1 aliphatic heterocycles. The molecule has 0 aromatic rings. The largest absolute Gasteiger partial charge is 0.462 e. The van der Waals surface area contributed by atoms with E-state index in [4.69, 9.17) is 9.16 Å². The smallest absolute Gasteiger partial charge is 0.333 e. The summed E-state index contributed by atoms with van der Waals surface area (Å²) in [4.78, 5) is 11.3. The van der Waals surface area contributed by atoms with Crippen molar-refractivity contribution in [2.75, 3.05) is 13.2 Å². The SMILES string of the molecule is C=C(C)C(=O)OCCCO[Si]1(C)[Si](C)(C)[Si](C)(C)[Si]1(C)C. The maximum Gasteiger partial charge on any atom is 0.333 e. The normalized spacial score (nSPS) is 24.0. The molecule has 0 saturated carbocycles. The van der Waals surface area contributed by atoms with E-state index in [1.165, 1.54) is 0 Å². The fourth-order valence-electron chi connectivity index (χ4n) is 3.68. The highest BCUT2D eigenvalue weighted by molar-refractivity contribution is 8.12. The first kappa shape index (κ1) is 19.1. The average Bonchev–Trinajstić information content (AvgIpc) is 2.35. The lowest BCUT2D eigenvalue weighted by molar-refractivity contribution is -0.139. The summed E-state index contributed by atoms with van der Waals surface area (Å²) in [6.07, 6.45) is 0.804. The third-order valence-electron chi connectivity index (χ3n) is 6.77. The lowest BCUT2D eigenvalue weighted by Crippen LogP contribution is -3.02. The molecule has 0 bridgehead atoms. The summed E-state index contributed by atoms with van der Waals surface area (Å²) in [5, 5.41) is 0. The number of carbonyl (C=O) groups excluding carboxylic acids is 1. The highest BCUT2D eigenvalue weighted by Crippen LogP contribution is 2.51. The van der Waals surface area contributed by atoms with Crippen LogP contribution in [0.1, 0.15) is 13.3 Å². The van der Waals surface area contributed by atoms with Crippen LogP contribution < -0.4 is 0 Å². The molecule has 0 amide bonds. The molecular weight excluding hydrogens is 328 g/mol. The number of carbonyl (C=O) groups is 1. The zero-order valence-electron chi connectivity index (χ0n) is 15.1. The molecule has 1 heterocycles. The highest BCUT2D eigenvalue weighted by atomic mass is 30.2. The van der Waals surface area contributed by atoms with Crippen molar-refractivity contribution in [3.8, 4) is 0 Å². The van der Waals surface area contributed by atoms with Gasteiger partial charge in [0.15, 0.2) is 7.35 Å². The monoisotopic (exact) mass is 360 g/mol. The lowest BCUT2D eigenvalue weighted by atomic mass is 10.4. The minimum atomic E-state index is -1.50. The average molecular weight is 361 g/mol. The van der Waals surface area contributed by atoms with Gasteiger partial charge in [-0.25, -0.2) is 4.79 Å². The highest BCUT2D eigenvalue weighted by Gasteiger charge is 2.79. The van der Waals surface area contributed by atoms with E-state index in [1.54, 1.807) is 6.92 Å². The second-order valence-electron chi connectivity index (χ2n) is 8.03. The van der Waals surface area contributed by atoms with Gasteiger partial charge in [-0.3, -0.25) is 0 Å². The Kier molecular flexibility index (Phi) is 5.38. The molecule has 0 N–H and O–H groups in total. The number of hydrogen-bond acceptors (Lipinski definition) is 3. The van der Waals surface area contributed by atoms with Crippen LogP contribution in [0.3, 0.4) is 0 Å². The van der Waals surface area contributed by atoms with E-state index in [0.717, 1.165) is 13.0 Å². The summed E-state index contributed by atoms with van der Waals surface area (Å²) in [5.41, 5.74) is 0.464. The van der Waals surface area contributed by atoms with E-state index in [2.05, 4.69) is 52.4 Å². The van der Waals surface area contributed by atoms with Crippen LogP contribution in [-0.4, -0.2) is 47.9 Å². The van der Waals surface area contributed by atoms with Gasteiger partial charge in [-0.2, -0.15) is 0 Å².